The lowest BCUT2D eigenvalue weighted by molar-refractivity contribution is 0.0955. The number of fused-ring (bicyclic) bond motifs is 1. The van der Waals surface area contributed by atoms with E-state index in [0.29, 0.717) is 38.4 Å². The summed E-state index contributed by atoms with van der Waals surface area (Å²) in [5.41, 5.74) is 9.11. The molecule has 34 heavy (non-hydrogen) atoms. The van der Waals surface area contributed by atoms with E-state index < -0.39 is 0 Å². The first-order chi connectivity index (χ1) is 16.5. The van der Waals surface area contributed by atoms with Gasteiger partial charge in [0.05, 0.1) is 39.8 Å². The van der Waals surface area contributed by atoms with E-state index in [2.05, 4.69) is 5.32 Å². The van der Waals surface area contributed by atoms with Gasteiger partial charge in [0.25, 0.3) is 5.91 Å². The number of nitrogen functional groups attached to an aromatic ring is 1. The third kappa shape index (κ3) is 4.29. The minimum Gasteiger partial charge on any atom is -0.493 e. The minimum atomic E-state index is -0.280. The van der Waals surface area contributed by atoms with Crippen LogP contribution in [0.3, 0.4) is 0 Å². The molecular formula is C25H25N3O5S. The average molecular weight is 480 g/mol. The van der Waals surface area contributed by atoms with Gasteiger partial charge in [-0.05, 0) is 36.4 Å². The van der Waals surface area contributed by atoms with Crippen LogP contribution in [0.25, 0.3) is 21.5 Å². The van der Waals surface area contributed by atoms with Crippen LogP contribution in [0.4, 0.5) is 5.69 Å². The maximum atomic E-state index is 13.0. The van der Waals surface area contributed by atoms with Gasteiger partial charge in [-0.1, -0.05) is 12.1 Å². The van der Waals surface area contributed by atoms with Crippen LogP contribution in [0.5, 0.6) is 23.0 Å². The summed E-state index contributed by atoms with van der Waals surface area (Å²) in [5, 5.41) is 3.65. The molecule has 0 radical (unpaired) electrons. The van der Waals surface area contributed by atoms with Crippen molar-refractivity contribution in [1.82, 2.24) is 10.3 Å². The first-order valence-corrected chi connectivity index (χ1v) is 11.2. The highest BCUT2D eigenvalue weighted by atomic mass is 32.1. The number of pyridine rings is 1. The van der Waals surface area contributed by atoms with E-state index in [1.165, 1.54) is 11.3 Å². The van der Waals surface area contributed by atoms with Gasteiger partial charge in [-0.2, -0.15) is 0 Å². The summed E-state index contributed by atoms with van der Waals surface area (Å²) in [5.74, 6) is 2.15. The highest BCUT2D eigenvalue weighted by Gasteiger charge is 2.19. The summed E-state index contributed by atoms with van der Waals surface area (Å²) in [6.45, 7) is 0.261. The van der Waals surface area contributed by atoms with Crippen LogP contribution in [0.1, 0.15) is 15.2 Å². The van der Waals surface area contributed by atoms with Crippen LogP contribution in [-0.4, -0.2) is 39.3 Å². The normalized spacial score (nSPS) is 10.7. The Balaban J connectivity index is 1.60. The lowest BCUT2D eigenvalue weighted by Gasteiger charge is -2.13. The predicted octanol–water partition coefficient (Wildman–Crippen LogP) is 4.51. The number of nitrogens with zero attached hydrogens (tertiary/aromatic N) is 1. The molecule has 0 saturated carbocycles. The molecule has 0 bridgehead atoms. The molecule has 176 valence electrons. The Labute approximate surface area is 201 Å². The van der Waals surface area contributed by atoms with Gasteiger partial charge in [0.15, 0.2) is 23.0 Å². The number of hydrogen-bond acceptors (Lipinski definition) is 8. The Morgan fingerprint density at radius 1 is 0.941 bits per heavy atom. The van der Waals surface area contributed by atoms with E-state index in [4.69, 9.17) is 29.7 Å². The Morgan fingerprint density at radius 2 is 1.71 bits per heavy atom. The highest BCUT2D eigenvalue weighted by molar-refractivity contribution is 7.21. The molecule has 0 atom stereocenters. The molecule has 8 nitrogen and oxygen atoms in total. The second-order valence-corrected chi connectivity index (χ2v) is 8.30. The Bertz CT molecular complexity index is 1350. The summed E-state index contributed by atoms with van der Waals surface area (Å²) in [7, 11) is 6.31. The molecule has 0 aliphatic carbocycles. The third-order valence-electron chi connectivity index (χ3n) is 5.40. The summed E-state index contributed by atoms with van der Waals surface area (Å²) < 4.78 is 21.5. The van der Waals surface area contributed by atoms with Crippen LogP contribution < -0.4 is 30.0 Å². The zero-order chi connectivity index (χ0) is 24.2. The third-order valence-corrected chi connectivity index (χ3v) is 6.52. The molecule has 0 fully saturated rings. The van der Waals surface area contributed by atoms with Crippen LogP contribution >= 0.6 is 11.3 Å². The number of amides is 1. The number of hydrogen-bond donors (Lipinski definition) is 2. The fraction of sp³-hybridized carbons (Fsp3) is 0.200. The van der Waals surface area contributed by atoms with Crippen molar-refractivity contribution in [1.29, 1.82) is 0 Å². The fourth-order valence-electron chi connectivity index (χ4n) is 3.67. The van der Waals surface area contributed by atoms with Gasteiger partial charge in [0, 0.05) is 23.1 Å². The van der Waals surface area contributed by atoms with Crippen LogP contribution in [0, 0.1) is 0 Å². The summed E-state index contributed by atoms with van der Waals surface area (Å²) in [6.07, 6.45) is 0. The molecule has 1 amide bonds. The number of aromatic nitrogens is 1. The van der Waals surface area contributed by atoms with Gasteiger partial charge >= 0.3 is 0 Å². The van der Waals surface area contributed by atoms with Crippen LogP contribution in [0.15, 0.2) is 48.5 Å². The number of nitrogens with one attached hydrogen (secondary N) is 1. The number of para-hydroxylation sites is 1. The van der Waals surface area contributed by atoms with E-state index in [0.717, 1.165) is 22.2 Å². The molecular weight excluding hydrogens is 454 g/mol. The lowest BCUT2D eigenvalue weighted by atomic mass is 10.1. The molecule has 4 aromatic rings. The van der Waals surface area contributed by atoms with Gasteiger partial charge < -0.3 is 30.0 Å². The van der Waals surface area contributed by atoms with Gasteiger partial charge in [-0.3, -0.25) is 4.79 Å². The number of methoxy groups -OCH3 is 4. The number of carbonyl (C=O) groups excluding carboxylic acids is 1. The summed E-state index contributed by atoms with van der Waals surface area (Å²) in [4.78, 5) is 18.8. The highest BCUT2D eigenvalue weighted by Crippen LogP contribution is 2.36. The van der Waals surface area contributed by atoms with E-state index in [9.17, 15) is 4.79 Å². The SMILES string of the molecule is COc1ccc(-c2ccc3c(N)c(C(=O)NCc4cccc(OC)c4OC)sc3n2)cc1OC. The molecule has 4 rings (SSSR count). The maximum Gasteiger partial charge on any atom is 0.263 e. The molecule has 2 heterocycles. The maximum absolute atomic E-state index is 13.0. The summed E-state index contributed by atoms with van der Waals surface area (Å²) in [6, 6.07) is 14.9. The quantitative estimate of drug-likeness (QED) is 0.383. The number of rotatable bonds is 8. The number of carbonyl (C=O) groups is 1. The monoisotopic (exact) mass is 479 g/mol. The zero-order valence-electron chi connectivity index (χ0n) is 19.3. The Hall–Kier alpha value is -3.98. The molecule has 2 aromatic carbocycles. The topological polar surface area (TPSA) is 105 Å². The second kappa shape index (κ2) is 9.88. The molecule has 3 N–H and O–H groups in total. The number of benzene rings is 2. The molecule has 9 heteroatoms. The molecule has 0 unspecified atom stereocenters. The number of nitrogens with two attached hydrogens (primary N) is 1. The van der Waals surface area contributed by atoms with E-state index in [-0.39, 0.29) is 12.5 Å². The van der Waals surface area contributed by atoms with Crippen LogP contribution in [0.2, 0.25) is 0 Å². The van der Waals surface area contributed by atoms with Gasteiger partial charge in [0.1, 0.15) is 9.71 Å². The molecule has 0 aliphatic heterocycles. The van der Waals surface area contributed by atoms with Crippen molar-refractivity contribution in [3.8, 4) is 34.3 Å². The molecule has 0 spiro atoms. The van der Waals surface area contributed by atoms with Crippen molar-refractivity contribution in [2.24, 2.45) is 0 Å². The van der Waals surface area contributed by atoms with Crippen molar-refractivity contribution in [2.75, 3.05) is 34.2 Å². The molecule has 0 saturated heterocycles. The predicted molar refractivity (Wildman–Crippen MR) is 133 cm³/mol. The van der Waals surface area contributed by atoms with E-state index >= 15 is 0 Å². The smallest absolute Gasteiger partial charge is 0.263 e. The van der Waals surface area contributed by atoms with Gasteiger partial charge in [0.2, 0.25) is 0 Å². The largest absolute Gasteiger partial charge is 0.493 e. The zero-order valence-corrected chi connectivity index (χ0v) is 20.1. The van der Waals surface area contributed by atoms with Crippen LogP contribution in [-0.2, 0) is 6.54 Å². The van der Waals surface area contributed by atoms with Crippen molar-refractivity contribution >= 4 is 33.1 Å². The first-order valence-electron chi connectivity index (χ1n) is 10.4. The Kier molecular flexibility index (Phi) is 6.74. The average Bonchev–Trinajstić information content (AvgIpc) is 3.22. The minimum absolute atomic E-state index is 0.261. The number of thiophene rings is 1. The van der Waals surface area contributed by atoms with Crippen molar-refractivity contribution in [3.05, 3.63) is 59.0 Å². The lowest BCUT2D eigenvalue weighted by Crippen LogP contribution is -2.23. The molecule has 0 aliphatic rings. The standard InChI is InChI=1S/C25H25N3O5S/c1-30-18-11-8-14(12-20(18)32-3)17-10-9-16-21(26)23(34-25(16)28-17)24(29)27-13-15-6-5-7-19(31-2)22(15)33-4/h5-12H,13,26H2,1-4H3,(H,27,29). The van der Waals surface area contributed by atoms with Crippen molar-refractivity contribution < 1.29 is 23.7 Å². The first kappa shape index (κ1) is 23.2. The number of ether oxygens (including phenoxy) is 4. The van der Waals surface area contributed by atoms with E-state index in [1.807, 2.05) is 42.5 Å². The van der Waals surface area contributed by atoms with Gasteiger partial charge in [-0.25, -0.2) is 4.98 Å². The fourth-order valence-corrected chi connectivity index (χ4v) is 4.68. The summed E-state index contributed by atoms with van der Waals surface area (Å²) >= 11 is 1.25. The van der Waals surface area contributed by atoms with E-state index in [1.54, 1.807) is 34.5 Å². The number of anilines is 1. The van der Waals surface area contributed by atoms with Gasteiger partial charge in [-0.15, -0.1) is 11.3 Å². The van der Waals surface area contributed by atoms with Crippen molar-refractivity contribution in [2.45, 2.75) is 6.54 Å². The molecule has 2 aromatic heterocycles. The second-order valence-electron chi connectivity index (χ2n) is 7.30. The van der Waals surface area contributed by atoms with Crippen molar-refractivity contribution in [3.63, 3.8) is 0 Å². The Morgan fingerprint density at radius 3 is 2.41 bits per heavy atom.